The molecule has 1 amide bonds. The summed E-state index contributed by atoms with van der Waals surface area (Å²) in [7, 11) is 0. The topological polar surface area (TPSA) is 72.4 Å². The maximum absolute atomic E-state index is 13.0. The first-order chi connectivity index (χ1) is 13.1. The first-order valence-corrected chi connectivity index (χ1v) is 8.74. The number of benzene rings is 2. The third-order valence-corrected chi connectivity index (χ3v) is 4.60. The van der Waals surface area contributed by atoms with Crippen molar-refractivity contribution in [1.29, 1.82) is 0 Å². The smallest absolute Gasteiger partial charge is 0.222 e. The van der Waals surface area contributed by atoms with Gasteiger partial charge in [0.15, 0.2) is 0 Å². The highest BCUT2D eigenvalue weighted by molar-refractivity contribution is 5.80. The maximum Gasteiger partial charge on any atom is 0.222 e. The second kappa shape index (κ2) is 7.17. The monoisotopic (exact) mass is 362 g/mol. The summed E-state index contributed by atoms with van der Waals surface area (Å²) in [6, 6.07) is 17.2. The third-order valence-electron chi connectivity index (χ3n) is 4.60. The Morgan fingerprint density at radius 3 is 2.63 bits per heavy atom. The molecule has 0 aliphatic rings. The van der Waals surface area contributed by atoms with Gasteiger partial charge >= 0.3 is 0 Å². The van der Waals surface area contributed by atoms with E-state index in [0.29, 0.717) is 6.54 Å². The molecule has 2 heterocycles. The fourth-order valence-electron chi connectivity index (χ4n) is 3.20. The molecular weight excluding hydrogens is 343 g/mol. The van der Waals surface area contributed by atoms with Crippen molar-refractivity contribution in [1.82, 2.24) is 14.7 Å². The Morgan fingerprint density at radius 2 is 1.81 bits per heavy atom. The number of halogens is 1. The average molecular weight is 362 g/mol. The number of aromatic nitrogens is 2. The summed E-state index contributed by atoms with van der Waals surface area (Å²) in [6.07, 6.45) is 2.10. The lowest BCUT2D eigenvalue weighted by molar-refractivity contribution is -0.121. The van der Waals surface area contributed by atoms with Crippen molar-refractivity contribution in [3.05, 3.63) is 83.9 Å². The standard InChI is InChI=1S/C21H19FN4O/c22-15-9-7-14(8-10-15)16(23)12-21(27)24-13-18-20-6-3-11-26(20)19-5-2-1-4-17(19)25-18/h1-11,16H,12-13,23H2,(H,24,27). The van der Waals surface area contributed by atoms with Crippen molar-refractivity contribution < 1.29 is 9.18 Å². The molecule has 0 spiro atoms. The molecule has 4 aromatic rings. The fraction of sp³-hybridized carbons (Fsp3) is 0.143. The highest BCUT2D eigenvalue weighted by Crippen LogP contribution is 2.19. The Balaban J connectivity index is 1.48. The van der Waals surface area contributed by atoms with Gasteiger partial charge in [-0.15, -0.1) is 0 Å². The normalized spacial score (nSPS) is 12.4. The molecule has 0 radical (unpaired) electrons. The SMILES string of the molecule is NC(CC(=O)NCc1nc2ccccc2n2cccc12)c1ccc(F)cc1. The molecule has 2 aromatic carbocycles. The minimum atomic E-state index is -0.483. The first-order valence-electron chi connectivity index (χ1n) is 8.74. The first kappa shape index (κ1) is 17.2. The summed E-state index contributed by atoms with van der Waals surface area (Å²) in [5.41, 5.74) is 10.4. The molecule has 27 heavy (non-hydrogen) atoms. The van der Waals surface area contributed by atoms with Crippen LogP contribution < -0.4 is 11.1 Å². The van der Waals surface area contributed by atoms with Gasteiger partial charge in [-0.2, -0.15) is 0 Å². The van der Waals surface area contributed by atoms with Crippen molar-refractivity contribution in [3.8, 4) is 0 Å². The molecule has 3 N–H and O–H groups in total. The summed E-state index contributed by atoms with van der Waals surface area (Å²) in [5.74, 6) is -0.500. The minimum absolute atomic E-state index is 0.122. The van der Waals surface area contributed by atoms with Crippen LogP contribution in [0.2, 0.25) is 0 Å². The average Bonchev–Trinajstić information content (AvgIpc) is 3.17. The van der Waals surface area contributed by atoms with E-state index in [0.717, 1.165) is 27.8 Å². The molecule has 0 fully saturated rings. The lowest BCUT2D eigenvalue weighted by atomic mass is 10.0. The van der Waals surface area contributed by atoms with Gasteiger partial charge in [-0.3, -0.25) is 4.79 Å². The number of nitrogens with one attached hydrogen (secondary N) is 1. The van der Waals surface area contributed by atoms with Gasteiger partial charge in [0.2, 0.25) is 5.91 Å². The number of para-hydroxylation sites is 2. The second-order valence-corrected chi connectivity index (χ2v) is 6.45. The van der Waals surface area contributed by atoms with Gasteiger partial charge in [-0.25, -0.2) is 9.37 Å². The number of nitrogens with two attached hydrogens (primary N) is 1. The van der Waals surface area contributed by atoms with E-state index in [9.17, 15) is 9.18 Å². The molecule has 5 nitrogen and oxygen atoms in total. The molecule has 2 aromatic heterocycles. The van der Waals surface area contributed by atoms with Gasteiger partial charge in [0.1, 0.15) is 5.82 Å². The molecule has 0 bridgehead atoms. The number of hydrogen-bond acceptors (Lipinski definition) is 3. The van der Waals surface area contributed by atoms with Crippen molar-refractivity contribution in [2.24, 2.45) is 5.73 Å². The lowest BCUT2D eigenvalue weighted by Gasteiger charge is -2.13. The van der Waals surface area contributed by atoms with E-state index in [1.54, 1.807) is 12.1 Å². The van der Waals surface area contributed by atoms with Crippen LogP contribution in [0.3, 0.4) is 0 Å². The fourth-order valence-corrected chi connectivity index (χ4v) is 3.20. The third kappa shape index (κ3) is 3.52. The van der Waals surface area contributed by atoms with Crippen LogP contribution >= 0.6 is 0 Å². The van der Waals surface area contributed by atoms with Crippen LogP contribution in [0.5, 0.6) is 0 Å². The summed E-state index contributed by atoms with van der Waals surface area (Å²) in [6.45, 7) is 0.313. The van der Waals surface area contributed by atoms with Gasteiger partial charge in [0.25, 0.3) is 0 Å². The zero-order valence-electron chi connectivity index (χ0n) is 14.6. The highest BCUT2D eigenvalue weighted by atomic mass is 19.1. The summed E-state index contributed by atoms with van der Waals surface area (Å²) in [4.78, 5) is 17.0. The molecular formula is C21H19FN4O. The van der Waals surface area contributed by atoms with Crippen LogP contribution in [0.1, 0.15) is 23.7 Å². The van der Waals surface area contributed by atoms with Crippen molar-refractivity contribution in [2.75, 3.05) is 0 Å². The van der Waals surface area contributed by atoms with E-state index in [4.69, 9.17) is 5.73 Å². The number of rotatable bonds is 5. The van der Waals surface area contributed by atoms with Gasteiger partial charge in [0.05, 0.1) is 28.8 Å². The molecule has 1 atom stereocenters. The zero-order chi connectivity index (χ0) is 18.8. The van der Waals surface area contributed by atoms with Crippen molar-refractivity contribution in [3.63, 3.8) is 0 Å². The van der Waals surface area contributed by atoms with Crippen LogP contribution in [0.25, 0.3) is 16.6 Å². The number of amides is 1. The van der Waals surface area contributed by atoms with Crippen molar-refractivity contribution >= 4 is 22.5 Å². The summed E-state index contributed by atoms with van der Waals surface area (Å²) in [5, 5.41) is 2.89. The van der Waals surface area contributed by atoms with Crippen LogP contribution in [0.4, 0.5) is 4.39 Å². The van der Waals surface area contributed by atoms with Gasteiger partial charge in [-0.05, 0) is 42.0 Å². The molecule has 0 aliphatic carbocycles. The molecule has 1 unspecified atom stereocenters. The number of carbonyl (C=O) groups excluding carboxylic acids is 1. The molecule has 136 valence electrons. The van der Waals surface area contributed by atoms with Crippen LogP contribution in [0, 0.1) is 5.82 Å². The van der Waals surface area contributed by atoms with E-state index >= 15 is 0 Å². The molecule has 6 heteroatoms. The predicted molar refractivity (Wildman–Crippen MR) is 102 cm³/mol. The minimum Gasteiger partial charge on any atom is -0.350 e. The number of carbonyl (C=O) groups is 1. The van der Waals surface area contributed by atoms with E-state index < -0.39 is 6.04 Å². The lowest BCUT2D eigenvalue weighted by Crippen LogP contribution is -2.27. The highest BCUT2D eigenvalue weighted by Gasteiger charge is 2.13. The zero-order valence-corrected chi connectivity index (χ0v) is 14.6. The molecule has 0 saturated heterocycles. The maximum atomic E-state index is 13.0. The molecule has 4 rings (SSSR count). The number of nitrogens with zero attached hydrogens (tertiary/aromatic N) is 2. The van der Waals surface area contributed by atoms with Gasteiger partial charge < -0.3 is 15.5 Å². The predicted octanol–water partition coefficient (Wildman–Crippen LogP) is 3.33. The quantitative estimate of drug-likeness (QED) is 0.572. The molecule has 0 aliphatic heterocycles. The Hall–Kier alpha value is -3.25. The van der Waals surface area contributed by atoms with Gasteiger partial charge in [-0.1, -0.05) is 24.3 Å². The second-order valence-electron chi connectivity index (χ2n) is 6.45. The Bertz CT molecular complexity index is 1100. The largest absolute Gasteiger partial charge is 0.350 e. The molecule has 0 saturated carbocycles. The number of fused-ring (bicyclic) bond motifs is 3. The van der Waals surface area contributed by atoms with E-state index in [-0.39, 0.29) is 18.1 Å². The van der Waals surface area contributed by atoms with Gasteiger partial charge in [0, 0.05) is 18.7 Å². The Kier molecular flexibility index (Phi) is 4.56. The van der Waals surface area contributed by atoms with Crippen molar-refractivity contribution in [2.45, 2.75) is 19.0 Å². The van der Waals surface area contributed by atoms with Crippen LogP contribution in [-0.4, -0.2) is 15.3 Å². The van der Waals surface area contributed by atoms with Crippen LogP contribution in [0.15, 0.2) is 66.9 Å². The summed E-state index contributed by atoms with van der Waals surface area (Å²) < 4.78 is 15.1. The van der Waals surface area contributed by atoms with E-state index in [1.807, 2.05) is 42.6 Å². The van der Waals surface area contributed by atoms with Crippen LogP contribution in [-0.2, 0) is 11.3 Å². The number of hydrogen-bond donors (Lipinski definition) is 2. The Labute approximate surface area is 155 Å². The Morgan fingerprint density at radius 1 is 1.07 bits per heavy atom. The van der Waals surface area contributed by atoms with E-state index in [2.05, 4.69) is 14.7 Å². The summed E-state index contributed by atoms with van der Waals surface area (Å²) >= 11 is 0. The van der Waals surface area contributed by atoms with E-state index in [1.165, 1.54) is 12.1 Å².